The fourth-order valence-electron chi connectivity index (χ4n) is 2.06. The Morgan fingerprint density at radius 1 is 0.920 bits per heavy atom. The van der Waals surface area contributed by atoms with Gasteiger partial charge in [-0.2, -0.15) is 0 Å². The van der Waals surface area contributed by atoms with Gasteiger partial charge in [0.15, 0.2) is 0 Å². The molecule has 2 aromatic carbocycles. The lowest BCUT2D eigenvalue weighted by atomic mass is 10.3. The highest BCUT2D eigenvalue weighted by Gasteiger charge is 2.12. The average Bonchev–Trinajstić information content (AvgIpc) is 2.61. The lowest BCUT2D eigenvalue weighted by molar-refractivity contribution is -0.145. The van der Waals surface area contributed by atoms with Crippen LogP contribution in [0.15, 0.2) is 54.6 Å². The molecule has 1 N–H and O–H groups in total. The molecule has 0 heterocycles. The maximum atomic E-state index is 11.9. The molecule has 0 radical (unpaired) electrons. The minimum atomic E-state index is -0.560. The first-order valence-electron chi connectivity index (χ1n) is 8.04. The van der Waals surface area contributed by atoms with Crippen molar-refractivity contribution in [2.45, 2.75) is 13.3 Å². The van der Waals surface area contributed by atoms with Crippen molar-refractivity contribution in [2.75, 3.05) is 25.1 Å². The smallest absolute Gasteiger partial charge is 0.315 e. The van der Waals surface area contributed by atoms with Gasteiger partial charge in [0, 0.05) is 0 Å². The molecular weight excluding hydrogens is 322 g/mol. The molecule has 0 bridgehead atoms. The summed E-state index contributed by atoms with van der Waals surface area (Å²) >= 11 is 0. The van der Waals surface area contributed by atoms with Crippen LogP contribution in [0.3, 0.4) is 0 Å². The van der Waals surface area contributed by atoms with E-state index >= 15 is 0 Å². The highest BCUT2D eigenvalue weighted by atomic mass is 16.5. The third-order valence-corrected chi connectivity index (χ3v) is 3.12. The number of hydrogen-bond donors (Lipinski definition) is 1. The zero-order chi connectivity index (χ0) is 17.9. The number of anilines is 1. The van der Waals surface area contributed by atoms with E-state index in [9.17, 15) is 9.59 Å². The van der Waals surface area contributed by atoms with Crippen LogP contribution in [-0.2, 0) is 14.3 Å². The Bertz CT molecular complexity index is 687. The van der Waals surface area contributed by atoms with E-state index in [0.717, 1.165) is 5.75 Å². The first-order chi connectivity index (χ1) is 12.2. The van der Waals surface area contributed by atoms with Crippen LogP contribution in [0, 0.1) is 0 Å². The van der Waals surface area contributed by atoms with Crippen molar-refractivity contribution in [3.8, 4) is 11.5 Å². The summed E-state index contributed by atoms with van der Waals surface area (Å²) in [6.07, 6.45) is -0.334. The Balaban J connectivity index is 1.83. The summed E-state index contributed by atoms with van der Waals surface area (Å²) in [7, 11) is 0. The van der Waals surface area contributed by atoms with E-state index in [1.54, 1.807) is 31.2 Å². The Labute approximate surface area is 146 Å². The molecule has 6 heteroatoms. The molecule has 0 saturated heterocycles. The number of para-hydroxylation sites is 3. The Hall–Kier alpha value is -3.02. The van der Waals surface area contributed by atoms with Crippen LogP contribution in [0.25, 0.3) is 0 Å². The molecule has 0 aliphatic carbocycles. The van der Waals surface area contributed by atoms with E-state index < -0.39 is 11.9 Å². The van der Waals surface area contributed by atoms with E-state index in [0.29, 0.717) is 24.7 Å². The molecule has 0 spiro atoms. The van der Waals surface area contributed by atoms with Gasteiger partial charge in [-0.3, -0.25) is 9.59 Å². The summed E-state index contributed by atoms with van der Waals surface area (Å²) in [6, 6.07) is 16.4. The van der Waals surface area contributed by atoms with Gasteiger partial charge < -0.3 is 19.5 Å². The molecule has 0 fully saturated rings. The van der Waals surface area contributed by atoms with Gasteiger partial charge in [-0.25, -0.2) is 0 Å². The minimum absolute atomic E-state index is 0.243. The minimum Gasteiger partial charge on any atom is -0.490 e. The highest BCUT2D eigenvalue weighted by molar-refractivity contribution is 6.02. The molecule has 0 saturated carbocycles. The molecule has 2 rings (SSSR count). The first kappa shape index (κ1) is 18.3. The number of rotatable bonds is 9. The van der Waals surface area contributed by atoms with Crippen LogP contribution < -0.4 is 14.8 Å². The Morgan fingerprint density at radius 2 is 1.60 bits per heavy atom. The molecule has 132 valence electrons. The number of carbonyl (C=O) groups is 2. The van der Waals surface area contributed by atoms with Crippen LogP contribution in [-0.4, -0.2) is 31.7 Å². The summed E-state index contributed by atoms with van der Waals surface area (Å²) in [5, 5.41) is 2.65. The van der Waals surface area contributed by atoms with E-state index in [1.165, 1.54) is 0 Å². The summed E-state index contributed by atoms with van der Waals surface area (Å²) < 4.78 is 16.0. The number of hydrogen-bond acceptors (Lipinski definition) is 5. The maximum Gasteiger partial charge on any atom is 0.315 e. The summed E-state index contributed by atoms with van der Waals surface area (Å²) in [5.41, 5.74) is 0.497. The van der Waals surface area contributed by atoms with E-state index in [1.807, 2.05) is 30.3 Å². The molecule has 0 unspecified atom stereocenters. The van der Waals surface area contributed by atoms with Gasteiger partial charge in [0.05, 0.1) is 12.3 Å². The molecule has 0 atom stereocenters. The number of nitrogens with one attached hydrogen (secondary N) is 1. The number of esters is 1. The second kappa shape index (κ2) is 9.97. The van der Waals surface area contributed by atoms with Gasteiger partial charge in [-0.1, -0.05) is 30.3 Å². The number of ether oxygens (including phenoxy) is 3. The number of carbonyl (C=O) groups excluding carboxylic acids is 2. The molecule has 25 heavy (non-hydrogen) atoms. The van der Waals surface area contributed by atoms with Crippen molar-refractivity contribution in [3.05, 3.63) is 54.6 Å². The molecule has 6 nitrogen and oxygen atoms in total. The molecular formula is C19H21NO5. The largest absolute Gasteiger partial charge is 0.490 e. The lowest BCUT2D eigenvalue weighted by Crippen LogP contribution is -2.19. The summed E-state index contributed by atoms with van der Waals surface area (Å²) in [4.78, 5) is 23.2. The third-order valence-electron chi connectivity index (χ3n) is 3.12. The van der Waals surface area contributed by atoms with Gasteiger partial charge in [0.1, 0.15) is 31.1 Å². The van der Waals surface area contributed by atoms with Gasteiger partial charge in [-0.15, -0.1) is 0 Å². The monoisotopic (exact) mass is 343 g/mol. The third kappa shape index (κ3) is 6.55. The molecule has 0 aliphatic heterocycles. The Morgan fingerprint density at radius 3 is 2.36 bits per heavy atom. The van der Waals surface area contributed by atoms with Gasteiger partial charge in [0.2, 0.25) is 5.91 Å². The van der Waals surface area contributed by atoms with Crippen molar-refractivity contribution in [1.29, 1.82) is 0 Å². The quantitative estimate of drug-likeness (QED) is 0.430. The van der Waals surface area contributed by atoms with Crippen molar-refractivity contribution in [1.82, 2.24) is 0 Å². The molecule has 0 aliphatic rings. The van der Waals surface area contributed by atoms with Gasteiger partial charge in [0.25, 0.3) is 0 Å². The zero-order valence-electron chi connectivity index (χ0n) is 14.1. The van der Waals surface area contributed by atoms with Crippen LogP contribution >= 0.6 is 0 Å². The maximum absolute atomic E-state index is 11.9. The predicted molar refractivity (Wildman–Crippen MR) is 93.8 cm³/mol. The van der Waals surface area contributed by atoms with Crippen molar-refractivity contribution in [2.24, 2.45) is 0 Å². The number of amides is 1. The van der Waals surface area contributed by atoms with Crippen LogP contribution in [0.4, 0.5) is 5.69 Å². The fourth-order valence-corrected chi connectivity index (χ4v) is 2.06. The van der Waals surface area contributed by atoms with E-state index in [2.05, 4.69) is 5.32 Å². The van der Waals surface area contributed by atoms with Crippen molar-refractivity contribution < 1.29 is 23.8 Å². The van der Waals surface area contributed by atoms with Gasteiger partial charge >= 0.3 is 5.97 Å². The molecule has 1 amide bonds. The number of benzene rings is 2. The molecule has 2 aromatic rings. The second-order valence-electron chi connectivity index (χ2n) is 5.04. The second-order valence-corrected chi connectivity index (χ2v) is 5.04. The van der Waals surface area contributed by atoms with Crippen LogP contribution in [0.2, 0.25) is 0 Å². The predicted octanol–water partition coefficient (Wildman–Crippen LogP) is 3.04. The van der Waals surface area contributed by atoms with Gasteiger partial charge in [-0.05, 0) is 31.2 Å². The molecule has 0 aromatic heterocycles. The summed E-state index contributed by atoms with van der Waals surface area (Å²) in [5.74, 6) is 0.267. The van der Waals surface area contributed by atoms with E-state index in [4.69, 9.17) is 14.2 Å². The van der Waals surface area contributed by atoms with Crippen LogP contribution in [0.1, 0.15) is 13.3 Å². The van der Waals surface area contributed by atoms with Crippen molar-refractivity contribution in [3.63, 3.8) is 0 Å². The average molecular weight is 343 g/mol. The Kier molecular flexibility index (Phi) is 7.31. The lowest BCUT2D eigenvalue weighted by Gasteiger charge is -2.13. The van der Waals surface area contributed by atoms with Crippen LogP contribution in [0.5, 0.6) is 11.5 Å². The SMILES string of the molecule is CCOC(=O)CC(=O)Nc1ccccc1OCCOc1ccccc1. The highest BCUT2D eigenvalue weighted by Crippen LogP contribution is 2.24. The first-order valence-corrected chi connectivity index (χ1v) is 8.04. The van der Waals surface area contributed by atoms with E-state index in [-0.39, 0.29) is 13.0 Å². The normalized spacial score (nSPS) is 9.96. The van der Waals surface area contributed by atoms with Crippen molar-refractivity contribution >= 4 is 17.6 Å². The fraction of sp³-hybridized carbons (Fsp3) is 0.263. The summed E-state index contributed by atoms with van der Waals surface area (Å²) in [6.45, 7) is 2.62. The zero-order valence-corrected chi connectivity index (χ0v) is 14.1. The topological polar surface area (TPSA) is 73.9 Å². The standard InChI is InChI=1S/C19H21NO5/c1-2-23-19(22)14-18(21)20-16-10-6-7-11-17(16)25-13-12-24-15-8-4-3-5-9-15/h3-11H,2,12-14H2,1H3,(H,20,21).